The zero-order valence-corrected chi connectivity index (χ0v) is 9.61. The zero-order chi connectivity index (χ0) is 10.6. The minimum atomic E-state index is 0.317. The summed E-state index contributed by atoms with van der Waals surface area (Å²) in [7, 11) is 0. The van der Waals surface area contributed by atoms with E-state index in [9.17, 15) is 5.11 Å². The molecule has 0 bridgehead atoms. The number of nitrogens with one attached hydrogen (secondary N) is 1. The Morgan fingerprint density at radius 2 is 2.29 bits per heavy atom. The number of aromatic hydroxyl groups is 1. The smallest absolute Gasteiger partial charge is 0.142 e. The van der Waals surface area contributed by atoms with Gasteiger partial charge in [-0.2, -0.15) is 0 Å². The normalized spacial score (nSPS) is 10.5. The molecular formula is C10H16N2OS. The van der Waals surface area contributed by atoms with Crippen LogP contribution in [0.4, 0.5) is 0 Å². The Hall–Kier alpha value is -0.740. The molecule has 0 saturated carbocycles. The standard InChI is InChI=1S/C10H16N2OS/c1-4-11-5-8-9(14-3)6-12-7(2)10(8)13/h6,11,13H,4-5H2,1-3H3. The van der Waals surface area contributed by atoms with Crippen molar-refractivity contribution in [1.82, 2.24) is 10.3 Å². The van der Waals surface area contributed by atoms with Gasteiger partial charge in [0.25, 0.3) is 0 Å². The molecule has 0 saturated heterocycles. The van der Waals surface area contributed by atoms with Crippen LogP contribution >= 0.6 is 11.8 Å². The molecule has 4 heteroatoms. The van der Waals surface area contributed by atoms with Crippen LogP contribution < -0.4 is 5.32 Å². The summed E-state index contributed by atoms with van der Waals surface area (Å²) in [4.78, 5) is 5.16. The van der Waals surface area contributed by atoms with Crippen molar-refractivity contribution in [2.24, 2.45) is 0 Å². The highest BCUT2D eigenvalue weighted by molar-refractivity contribution is 7.98. The van der Waals surface area contributed by atoms with Crippen molar-refractivity contribution in [3.8, 4) is 5.75 Å². The Balaban J connectivity index is 3.01. The first-order valence-corrected chi connectivity index (χ1v) is 5.85. The molecule has 1 rings (SSSR count). The first kappa shape index (κ1) is 11.3. The zero-order valence-electron chi connectivity index (χ0n) is 8.79. The Kier molecular flexibility index (Phi) is 4.22. The van der Waals surface area contributed by atoms with Crippen LogP contribution in [0.5, 0.6) is 5.75 Å². The summed E-state index contributed by atoms with van der Waals surface area (Å²) >= 11 is 1.61. The lowest BCUT2D eigenvalue weighted by molar-refractivity contribution is 0.454. The summed E-state index contributed by atoms with van der Waals surface area (Å²) in [6, 6.07) is 0. The molecule has 0 fully saturated rings. The molecule has 1 aromatic heterocycles. The molecule has 0 atom stereocenters. The van der Waals surface area contributed by atoms with Crippen LogP contribution in [-0.4, -0.2) is 22.9 Å². The molecule has 1 heterocycles. The summed E-state index contributed by atoms with van der Waals surface area (Å²) in [5.74, 6) is 0.317. The van der Waals surface area contributed by atoms with Crippen molar-refractivity contribution in [2.45, 2.75) is 25.3 Å². The van der Waals surface area contributed by atoms with E-state index in [-0.39, 0.29) is 0 Å². The molecule has 2 N–H and O–H groups in total. The molecular weight excluding hydrogens is 196 g/mol. The Labute approximate surface area is 88.9 Å². The van der Waals surface area contributed by atoms with Crippen LogP contribution in [0.3, 0.4) is 0 Å². The fourth-order valence-electron chi connectivity index (χ4n) is 1.23. The van der Waals surface area contributed by atoms with E-state index in [1.54, 1.807) is 11.8 Å². The maximum absolute atomic E-state index is 9.82. The monoisotopic (exact) mass is 212 g/mol. The lowest BCUT2D eigenvalue weighted by atomic mass is 10.2. The van der Waals surface area contributed by atoms with Crippen LogP contribution in [0, 0.1) is 6.92 Å². The first-order chi connectivity index (χ1) is 6.70. The van der Waals surface area contributed by atoms with Crippen molar-refractivity contribution < 1.29 is 5.11 Å². The molecule has 0 aliphatic rings. The van der Waals surface area contributed by atoms with Gasteiger partial charge in [-0.1, -0.05) is 6.92 Å². The second-order valence-electron chi connectivity index (χ2n) is 3.02. The number of thioether (sulfide) groups is 1. The molecule has 0 aliphatic carbocycles. The maximum atomic E-state index is 9.82. The Bertz CT molecular complexity index is 315. The van der Waals surface area contributed by atoms with Crippen molar-refractivity contribution >= 4 is 11.8 Å². The van der Waals surface area contributed by atoms with Gasteiger partial charge in [0, 0.05) is 23.2 Å². The Morgan fingerprint density at radius 3 is 2.86 bits per heavy atom. The van der Waals surface area contributed by atoms with E-state index in [1.165, 1.54) is 0 Å². The van der Waals surface area contributed by atoms with Crippen LogP contribution in [0.15, 0.2) is 11.1 Å². The van der Waals surface area contributed by atoms with Gasteiger partial charge in [-0.25, -0.2) is 0 Å². The number of aryl methyl sites for hydroxylation is 1. The largest absolute Gasteiger partial charge is 0.506 e. The number of hydrogen-bond acceptors (Lipinski definition) is 4. The van der Waals surface area contributed by atoms with Crippen molar-refractivity contribution in [1.29, 1.82) is 0 Å². The van der Waals surface area contributed by atoms with Gasteiger partial charge in [-0.05, 0) is 19.7 Å². The molecule has 3 nitrogen and oxygen atoms in total. The predicted molar refractivity (Wildman–Crippen MR) is 59.8 cm³/mol. The number of hydrogen-bond donors (Lipinski definition) is 2. The topological polar surface area (TPSA) is 45.2 Å². The molecule has 0 amide bonds. The van der Waals surface area contributed by atoms with Crippen LogP contribution in [0.1, 0.15) is 18.2 Å². The lowest BCUT2D eigenvalue weighted by Crippen LogP contribution is -2.13. The summed E-state index contributed by atoms with van der Waals surface area (Å²) in [5, 5.41) is 13.0. The highest BCUT2D eigenvalue weighted by atomic mass is 32.2. The number of nitrogens with zero attached hydrogens (tertiary/aromatic N) is 1. The summed E-state index contributed by atoms with van der Waals surface area (Å²) in [6.45, 7) is 5.45. The van der Waals surface area contributed by atoms with Crippen LogP contribution in [0.2, 0.25) is 0 Å². The Morgan fingerprint density at radius 1 is 1.57 bits per heavy atom. The van der Waals surface area contributed by atoms with E-state index in [4.69, 9.17) is 0 Å². The van der Waals surface area contributed by atoms with E-state index in [1.807, 2.05) is 26.3 Å². The van der Waals surface area contributed by atoms with Gasteiger partial charge in [0.1, 0.15) is 5.75 Å². The third-order valence-electron chi connectivity index (χ3n) is 2.07. The lowest BCUT2D eigenvalue weighted by Gasteiger charge is -2.11. The SMILES string of the molecule is CCNCc1c(SC)cnc(C)c1O. The number of pyridine rings is 1. The summed E-state index contributed by atoms with van der Waals surface area (Å²) in [6.07, 6.45) is 3.80. The molecule has 78 valence electrons. The molecule has 14 heavy (non-hydrogen) atoms. The first-order valence-electron chi connectivity index (χ1n) is 4.62. The van der Waals surface area contributed by atoms with Crippen LogP contribution in [-0.2, 0) is 6.54 Å². The fourth-order valence-corrected chi connectivity index (χ4v) is 1.80. The van der Waals surface area contributed by atoms with Gasteiger partial charge < -0.3 is 10.4 Å². The van der Waals surface area contributed by atoms with E-state index in [2.05, 4.69) is 10.3 Å². The quantitative estimate of drug-likeness (QED) is 0.749. The van der Waals surface area contributed by atoms with Crippen molar-refractivity contribution in [3.05, 3.63) is 17.5 Å². The van der Waals surface area contributed by atoms with Crippen molar-refractivity contribution in [2.75, 3.05) is 12.8 Å². The minimum Gasteiger partial charge on any atom is -0.506 e. The van der Waals surface area contributed by atoms with E-state index in [0.717, 1.165) is 17.0 Å². The van der Waals surface area contributed by atoms with Crippen LogP contribution in [0.25, 0.3) is 0 Å². The second-order valence-corrected chi connectivity index (χ2v) is 3.87. The van der Waals surface area contributed by atoms with Gasteiger partial charge in [0.2, 0.25) is 0 Å². The summed E-state index contributed by atoms with van der Waals surface area (Å²) < 4.78 is 0. The molecule has 0 unspecified atom stereocenters. The molecule has 0 spiro atoms. The summed E-state index contributed by atoms with van der Waals surface area (Å²) in [5.41, 5.74) is 1.64. The van der Waals surface area contributed by atoms with Gasteiger partial charge in [0.15, 0.2) is 0 Å². The minimum absolute atomic E-state index is 0.317. The second kappa shape index (κ2) is 5.22. The molecule has 0 aliphatic heterocycles. The molecule has 0 aromatic carbocycles. The highest BCUT2D eigenvalue weighted by Crippen LogP contribution is 2.29. The molecule has 1 aromatic rings. The van der Waals surface area contributed by atoms with Gasteiger partial charge in [0.05, 0.1) is 5.69 Å². The van der Waals surface area contributed by atoms with Gasteiger partial charge in [-0.3, -0.25) is 4.98 Å². The average Bonchev–Trinajstić information content (AvgIpc) is 2.20. The van der Waals surface area contributed by atoms with Gasteiger partial charge >= 0.3 is 0 Å². The fraction of sp³-hybridized carbons (Fsp3) is 0.500. The van der Waals surface area contributed by atoms with Crippen molar-refractivity contribution in [3.63, 3.8) is 0 Å². The number of aromatic nitrogens is 1. The van der Waals surface area contributed by atoms with E-state index >= 15 is 0 Å². The van der Waals surface area contributed by atoms with E-state index in [0.29, 0.717) is 18.0 Å². The third kappa shape index (κ3) is 2.39. The third-order valence-corrected chi connectivity index (χ3v) is 2.86. The van der Waals surface area contributed by atoms with E-state index < -0.39 is 0 Å². The van der Waals surface area contributed by atoms with Gasteiger partial charge in [-0.15, -0.1) is 11.8 Å². The maximum Gasteiger partial charge on any atom is 0.142 e. The highest BCUT2D eigenvalue weighted by Gasteiger charge is 2.09. The number of rotatable bonds is 4. The average molecular weight is 212 g/mol. The predicted octanol–water partition coefficient (Wildman–Crippen LogP) is 1.93. The molecule has 0 radical (unpaired) electrons.